The number of rotatable bonds is 3. The highest BCUT2D eigenvalue weighted by Gasteiger charge is 2.32. The van der Waals surface area contributed by atoms with Crippen LogP contribution in [0.2, 0.25) is 0 Å². The first kappa shape index (κ1) is 15.9. The zero-order valence-corrected chi connectivity index (χ0v) is 12.4. The molecule has 22 heavy (non-hydrogen) atoms. The largest absolute Gasteiger partial charge is 0.369 e. The van der Waals surface area contributed by atoms with Gasteiger partial charge in [-0.25, -0.2) is 0 Å². The summed E-state index contributed by atoms with van der Waals surface area (Å²) >= 11 is 0. The summed E-state index contributed by atoms with van der Waals surface area (Å²) in [5.41, 5.74) is 5.95. The Morgan fingerprint density at radius 2 is 1.59 bits per heavy atom. The average Bonchev–Trinajstić information content (AvgIpc) is 3.10. The maximum Gasteiger partial charge on any atom is 0.253 e. The van der Waals surface area contributed by atoms with Crippen molar-refractivity contribution < 1.29 is 14.4 Å². The van der Waals surface area contributed by atoms with E-state index in [-0.39, 0.29) is 23.8 Å². The molecule has 3 amide bonds. The van der Waals surface area contributed by atoms with Crippen LogP contribution in [-0.4, -0.2) is 28.7 Å². The van der Waals surface area contributed by atoms with Gasteiger partial charge in [0.2, 0.25) is 5.91 Å². The van der Waals surface area contributed by atoms with Gasteiger partial charge in [-0.3, -0.25) is 19.3 Å². The van der Waals surface area contributed by atoms with Crippen molar-refractivity contribution in [2.75, 3.05) is 0 Å². The fourth-order valence-corrected chi connectivity index (χ4v) is 2.73. The molecule has 0 bridgehead atoms. The molecule has 1 aliphatic carbocycles. The Morgan fingerprint density at radius 1 is 1.05 bits per heavy atom. The molecular weight excluding hydrogens is 280 g/mol. The van der Waals surface area contributed by atoms with Crippen molar-refractivity contribution in [2.24, 2.45) is 5.73 Å². The summed E-state index contributed by atoms with van der Waals surface area (Å²) in [6.45, 7) is 0. The molecule has 0 atom stereocenters. The number of carbonyl (C=O) groups excluding carboxylic acids is 3. The van der Waals surface area contributed by atoms with Gasteiger partial charge in [-0.1, -0.05) is 43.2 Å². The van der Waals surface area contributed by atoms with Gasteiger partial charge in [0.05, 0.1) is 6.42 Å². The van der Waals surface area contributed by atoms with Crippen LogP contribution >= 0.6 is 0 Å². The predicted octanol–water partition coefficient (Wildman–Crippen LogP) is 1.57. The van der Waals surface area contributed by atoms with Crippen LogP contribution in [0.25, 0.3) is 0 Å². The molecule has 2 aliphatic rings. The Kier molecular flexibility index (Phi) is 5.47. The Labute approximate surface area is 129 Å². The highest BCUT2D eigenvalue weighted by molar-refractivity contribution is 6.13. The summed E-state index contributed by atoms with van der Waals surface area (Å²) < 4.78 is 0. The van der Waals surface area contributed by atoms with E-state index in [1.807, 2.05) is 30.3 Å². The number of benzene rings is 1. The minimum absolute atomic E-state index is 0.132. The van der Waals surface area contributed by atoms with Crippen LogP contribution < -0.4 is 5.73 Å². The van der Waals surface area contributed by atoms with Gasteiger partial charge in [-0.2, -0.15) is 0 Å². The molecule has 0 saturated heterocycles. The zero-order valence-electron chi connectivity index (χ0n) is 12.4. The Balaban J connectivity index is 0.000000164. The molecule has 1 aliphatic heterocycles. The van der Waals surface area contributed by atoms with E-state index in [4.69, 9.17) is 5.73 Å². The van der Waals surface area contributed by atoms with E-state index in [1.54, 1.807) is 0 Å². The summed E-state index contributed by atoms with van der Waals surface area (Å²) in [5, 5.41) is 0. The van der Waals surface area contributed by atoms with Crippen LogP contribution in [0.5, 0.6) is 0 Å². The lowest BCUT2D eigenvalue weighted by Crippen LogP contribution is -2.38. The highest BCUT2D eigenvalue weighted by atomic mass is 16.2. The molecule has 5 nitrogen and oxygen atoms in total. The Bertz CT molecular complexity index is 557. The van der Waals surface area contributed by atoms with Crippen molar-refractivity contribution in [1.82, 2.24) is 4.90 Å². The van der Waals surface area contributed by atoms with Gasteiger partial charge in [0.1, 0.15) is 0 Å². The molecule has 0 spiro atoms. The normalized spacial score (nSPS) is 17.5. The summed E-state index contributed by atoms with van der Waals surface area (Å²) in [4.78, 5) is 34.2. The standard InChI is InChI=1S/C9H11NO2.C8H9NO/c11-8-5-6-9(12)10(8)7-3-1-2-4-7;9-8(10)6-7-4-2-1-3-5-7/h5-7H,1-4H2;1-5H,6H2,(H2,9,10). The second kappa shape index (κ2) is 7.54. The molecule has 0 radical (unpaired) electrons. The third kappa shape index (κ3) is 4.28. The smallest absolute Gasteiger partial charge is 0.253 e. The molecule has 0 unspecified atom stereocenters. The van der Waals surface area contributed by atoms with E-state index in [9.17, 15) is 14.4 Å². The first-order valence-corrected chi connectivity index (χ1v) is 7.45. The highest BCUT2D eigenvalue weighted by Crippen LogP contribution is 2.25. The van der Waals surface area contributed by atoms with E-state index in [0.717, 1.165) is 31.2 Å². The van der Waals surface area contributed by atoms with Gasteiger partial charge in [0, 0.05) is 18.2 Å². The van der Waals surface area contributed by atoms with Crippen molar-refractivity contribution >= 4 is 17.7 Å². The fourth-order valence-electron chi connectivity index (χ4n) is 2.73. The molecule has 1 saturated carbocycles. The Hall–Kier alpha value is -2.43. The summed E-state index contributed by atoms with van der Waals surface area (Å²) in [6.07, 6.45) is 7.31. The van der Waals surface area contributed by atoms with Crippen LogP contribution in [0, 0.1) is 0 Å². The number of nitrogens with two attached hydrogens (primary N) is 1. The van der Waals surface area contributed by atoms with Crippen molar-refractivity contribution in [1.29, 1.82) is 0 Å². The molecule has 0 aromatic heterocycles. The second-order valence-corrected chi connectivity index (χ2v) is 5.45. The lowest BCUT2D eigenvalue weighted by Gasteiger charge is -2.20. The maximum absolute atomic E-state index is 11.2. The number of imide groups is 1. The van der Waals surface area contributed by atoms with Crippen LogP contribution in [0.15, 0.2) is 42.5 Å². The van der Waals surface area contributed by atoms with Crippen molar-refractivity contribution in [2.45, 2.75) is 38.1 Å². The molecule has 1 heterocycles. The number of amides is 3. The topological polar surface area (TPSA) is 80.5 Å². The Morgan fingerprint density at radius 3 is 2.09 bits per heavy atom. The number of carbonyl (C=O) groups is 3. The molecule has 1 aromatic rings. The monoisotopic (exact) mass is 300 g/mol. The zero-order chi connectivity index (χ0) is 15.9. The minimum atomic E-state index is -0.286. The summed E-state index contributed by atoms with van der Waals surface area (Å²) in [7, 11) is 0. The summed E-state index contributed by atoms with van der Waals surface area (Å²) in [5.74, 6) is -0.551. The second-order valence-electron chi connectivity index (χ2n) is 5.45. The quantitative estimate of drug-likeness (QED) is 0.860. The van der Waals surface area contributed by atoms with Gasteiger partial charge < -0.3 is 5.73 Å². The maximum atomic E-state index is 11.2. The molecule has 1 fully saturated rings. The number of hydrogen-bond donors (Lipinski definition) is 1. The molecule has 2 N–H and O–H groups in total. The van der Waals surface area contributed by atoms with Crippen molar-refractivity contribution in [3.05, 3.63) is 48.0 Å². The van der Waals surface area contributed by atoms with Gasteiger partial charge in [-0.05, 0) is 18.4 Å². The number of primary amides is 1. The first-order chi connectivity index (χ1) is 10.6. The van der Waals surface area contributed by atoms with Crippen molar-refractivity contribution in [3.8, 4) is 0 Å². The predicted molar refractivity (Wildman–Crippen MR) is 82.6 cm³/mol. The molecule has 116 valence electrons. The van der Waals surface area contributed by atoms with E-state index in [2.05, 4.69) is 0 Å². The average molecular weight is 300 g/mol. The van der Waals surface area contributed by atoms with Gasteiger partial charge in [0.25, 0.3) is 11.8 Å². The lowest BCUT2D eigenvalue weighted by atomic mass is 10.1. The van der Waals surface area contributed by atoms with E-state index >= 15 is 0 Å². The van der Waals surface area contributed by atoms with Crippen LogP contribution in [0.4, 0.5) is 0 Å². The van der Waals surface area contributed by atoms with Gasteiger partial charge >= 0.3 is 0 Å². The van der Waals surface area contributed by atoms with E-state index in [0.29, 0.717) is 6.42 Å². The van der Waals surface area contributed by atoms with Gasteiger partial charge in [0.15, 0.2) is 0 Å². The molecular formula is C17H20N2O3. The van der Waals surface area contributed by atoms with Crippen LogP contribution in [-0.2, 0) is 20.8 Å². The van der Waals surface area contributed by atoms with E-state index in [1.165, 1.54) is 17.1 Å². The van der Waals surface area contributed by atoms with Gasteiger partial charge in [-0.15, -0.1) is 0 Å². The molecule has 3 rings (SSSR count). The van der Waals surface area contributed by atoms with Crippen molar-refractivity contribution in [3.63, 3.8) is 0 Å². The SMILES string of the molecule is NC(=O)Cc1ccccc1.O=C1C=CC(=O)N1C1CCCC1. The fraction of sp³-hybridized carbons (Fsp3) is 0.353. The third-order valence-electron chi connectivity index (χ3n) is 3.75. The number of nitrogens with zero attached hydrogens (tertiary/aromatic N) is 1. The third-order valence-corrected chi connectivity index (χ3v) is 3.75. The lowest BCUT2D eigenvalue weighted by molar-refractivity contribution is -0.139. The first-order valence-electron chi connectivity index (χ1n) is 7.45. The summed E-state index contributed by atoms with van der Waals surface area (Å²) in [6, 6.07) is 9.62. The molecule has 5 heteroatoms. The van der Waals surface area contributed by atoms with Crippen LogP contribution in [0.1, 0.15) is 31.2 Å². The molecule has 1 aromatic carbocycles. The van der Waals surface area contributed by atoms with Crippen LogP contribution in [0.3, 0.4) is 0 Å². The minimum Gasteiger partial charge on any atom is -0.369 e. The number of hydrogen-bond acceptors (Lipinski definition) is 3. The van der Waals surface area contributed by atoms with E-state index < -0.39 is 0 Å².